The van der Waals surface area contributed by atoms with Crippen molar-refractivity contribution in [1.29, 1.82) is 0 Å². The molecule has 0 aliphatic carbocycles. The van der Waals surface area contributed by atoms with E-state index >= 15 is 0 Å². The molecule has 0 aromatic carbocycles. The molecule has 8 heavy (non-hydrogen) atoms. The zero-order valence-electron chi connectivity index (χ0n) is 4.50. The molecule has 0 radical (unpaired) electrons. The Morgan fingerprint density at radius 3 is 1.25 bits per heavy atom. The summed E-state index contributed by atoms with van der Waals surface area (Å²) >= 11 is 0. The van der Waals surface area contributed by atoms with Gasteiger partial charge in [0.1, 0.15) is 0 Å². The number of hydrogen-bond acceptors (Lipinski definition) is 0. The minimum atomic E-state index is 0. The Bertz CT molecular complexity index is 8.49. The molecule has 0 atom stereocenters. The van der Waals surface area contributed by atoms with E-state index < -0.39 is 0 Å². The van der Waals surface area contributed by atoms with Crippen molar-refractivity contribution in [2.24, 2.45) is 0 Å². The van der Waals surface area contributed by atoms with Crippen molar-refractivity contribution >= 4 is 0 Å². The summed E-state index contributed by atoms with van der Waals surface area (Å²) in [6.07, 6.45) is 1.00. The van der Waals surface area contributed by atoms with Crippen molar-refractivity contribution in [3.8, 4) is 0 Å². The fourth-order valence-electron chi connectivity index (χ4n) is 0. The Morgan fingerprint density at radius 2 is 1.25 bits per heavy atom. The van der Waals surface area contributed by atoms with Crippen LogP contribution in [0.2, 0.25) is 0 Å². The first-order valence-corrected chi connectivity index (χ1v) is 1.59. The van der Waals surface area contributed by atoms with Gasteiger partial charge >= 0.3 is 0 Å². The quantitative estimate of drug-likeness (QED) is 0.570. The third kappa shape index (κ3) is 66.5. The number of halogens is 1. The summed E-state index contributed by atoms with van der Waals surface area (Å²) in [5, 5.41) is 0. The first kappa shape index (κ1) is 65.4. The topological polar surface area (TPSA) is 0 Å². The molecule has 0 aliphatic rings. The molecule has 0 bridgehead atoms. The van der Waals surface area contributed by atoms with Crippen LogP contribution in [0, 0.1) is 6.92 Å². The van der Waals surface area contributed by atoms with E-state index in [-0.39, 0.29) is 14.9 Å². The molecule has 2 heteroatoms. The monoisotopic (exact) mass is 376 g/mol. The molecule has 0 nitrogen and oxygen atoms in total. The molecule has 0 N–H and O–H groups in total. The van der Waals surface area contributed by atoms with Gasteiger partial charge in [0.2, 0.25) is 0 Å². The minimum Gasteiger partial charge on any atom is -0.344 e. The maximum absolute atomic E-state index is 9.50. The largest absolute Gasteiger partial charge is 0.344 e. The molecular weight excluding hydrogens is 358 g/mol. The number of rotatable bonds is 0. The van der Waals surface area contributed by atoms with E-state index in [0.29, 0.717) is 7.18 Å². The SMILES string of the molecule is C.C.CF.[CH2-]CC.[Rf]. The average molecular weight is 376 g/mol. The van der Waals surface area contributed by atoms with Gasteiger partial charge < -0.3 is 6.92 Å². The van der Waals surface area contributed by atoms with Gasteiger partial charge in [0.25, 0.3) is 0 Å². The molecule has 0 aliphatic heterocycles. The van der Waals surface area contributed by atoms with Crippen LogP contribution in [0.25, 0.3) is 0 Å². The second kappa shape index (κ2) is 29400. The van der Waals surface area contributed by atoms with E-state index in [1.54, 1.807) is 0 Å². The average Bonchev–Trinajstić information content (AvgIpc) is 1.46. The van der Waals surface area contributed by atoms with Crippen LogP contribution in [0.15, 0.2) is 0 Å². The Morgan fingerprint density at radius 1 is 1.25 bits per heavy atom. The summed E-state index contributed by atoms with van der Waals surface area (Å²) in [7, 11) is 0.500. The van der Waals surface area contributed by atoms with Crippen LogP contribution in [-0.4, -0.2) is 7.18 Å². The normalized spacial score (nSPS) is 3.00. The van der Waals surface area contributed by atoms with Crippen molar-refractivity contribution in [1.82, 2.24) is 0 Å². The molecule has 0 fully saturated rings. The summed E-state index contributed by atoms with van der Waals surface area (Å²) < 4.78 is 9.50. The van der Waals surface area contributed by atoms with Gasteiger partial charge in [-0.15, -0.1) is 0 Å². The second-order valence-corrected chi connectivity index (χ2v) is 0.500. The molecule has 0 rings (SSSR count). The predicted molar refractivity (Wildman–Crippen MR) is 36.1 cm³/mol. The van der Waals surface area contributed by atoms with Crippen LogP contribution in [0.4, 0.5) is 4.39 Å². The van der Waals surface area contributed by atoms with Gasteiger partial charge in [-0.3, -0.25) is 4.39 Å². The Kier molecular flexibility index (Phi) is 241000. The predicted octanol–water partition coefficient (Wildman–Crippen LogP) is 3.09. The van der Waals surface area contributed by atoms with Crippen molar-refractivity contribution in [2.45, 2.75) is 28.2 Å². The summed E-state index contributed by atoms with van der Waals surface area (Å²) in [5.41, 5.74) is 0. The third-order valence-corrected chi connectivity index (χ3v) is 0. The van der Waals surface area contributed by atoms with Crippen molar-refractivity contribution in [3.05, 3.63) is 6.92 Å². The minimum absolute atomic E-state index is 0. The van der Waals surface area contributed by atoms with Crippen LogP contribution < -0.4 is 0 Å². The molecule has 0 saturated heterocycles. The van der Waals surface area contributed by atoms with E-state index in [1.165, 1.54) is 0 Å². The van der Waals surface area contributed by atoms with Crippen LogP contribution in [0.5, 0.6) is 0 Å². The van der Waals surface area contributed by atoms with E-state index in [9.17, 15) is 4.39 Å². The Balaban J connectivity index is -0.00000000567. The fourth-order valence-corrected chi connectivity index (χ4v) is 0. The van der Waals surface area contributed by atoms with Crippen LogP contribution in [0.1, 0.15) is 28.2 Å². The van der Waals surface area contributed by atoms with Gasteiger partial charge in [-0.05, 0) is 0 Å². The first-order valence-electron chi connectivity index (χ1n) is 1.59. The van der Waals surface area contributed by atoms with Gasteiger partial charge in [-0.2, -0.15) is 6.42 Å². The van der Waals surface area contributed by atoms with E-state index in [0.717, 1.165) is 6.42 Å². The summed E-state index contributed by atoms with van der Waals surface area (Å²) in [5.74, 6) is 0. The molecule has 0 aromatic heterocycles. The van der Waals surface area contributed by atoms with Crippen LogP contribution in [0.3, 0.4) is 0 Å². The van der Waals surface area contributed by atoms with Crippen molar-refractivity contribution in [3.63, 3.8) is 0 Å². The van der Waals surface area contributed by atoms with E-state index in [4.69, 9.17) is 0 Å². The molecule has 0 heterocycles. The Hall–Kier alpha value is -1.07. The summed E-state index contributed by atoms with van der Waals surface area (Å²) in [6, 6.07) is 0. The van der Waals surface area contributed by atoms with Crippen molar-refractivity contribution in [2.75, 3.05) is 7.18 Å². The molecule has 0 amide bonds. The van der Waals surface area contributed by atoms with Crippen molar-refractivity contribution < 1.29 is 4.39 Å². The molecule has 0 spiro atoms. The van der Waals surface area contributed by atoms with Gasteiger partial charge in [0, 0.05) is 0 Å². The molecule has 52 valence electrons. The van der Waals surface area contributed by atoms with Gasteiger partial charge in [0.15, 0.2) is 0 Å². The zero-order chi connectivity index (χ0) is 4.71. The smallest absolute Gasteiger partial charge is 0.0785 e. The summed E-state index contributed by atoms with van der Waals surface area (Å²) in [4.78, 5) is 0. The zero-order valence-corrected chi connectivity index (χ0v) is 10.9. The first-order chi connectivity index (χ1) is 2.41. The summed E-state index contributed by atoms with van der Waals surface area (Å²) in [6.45, 7) is 5.50. The number of alkyl halides is 1. The second-order valence-electron chi connectivity index (χ2n) is 0.500. The maximum atomic E-state index is 9.50. The van der Waals surface area contributed by atoms with Gasteiger partial charge in [-0.1, -0.05) is 21.8 Å². The van der Waals surface area contributed by atoms with E-state index in [2.05, 4.69) is 6.92 Å². The van der Waals surface area contributed by atoms with Crippen LogP contribution in [-0.2, 0) is 0 Å². The fraction of sp³-hybridized carbons (Fsp3) is 0.833. The van der Waals surface area contributed by atoms with Gasteiger partial charge in [0.05, 0.1) is 7.18 Å². The molecule has 0 aromatic rings. The standard InChI is InChI=1S/C3H7.CH3F.2CH4.Rf/c1-3-2;1-2;;;/h1,3H2,2H3;1H3;2*1H4;/q-1;;;;. The van der Waals surface area contributed by atoms with Crippen LogP contribution >= 0.6 is 0 Å². The Labute approximate surface area is 47.7 Å². The molecule has 0 saturated carbocycles. The molecular formula is C6H18FRf-. The molecule has 0 unspecified atom stereocenters. The maximum Gasteiger partial charge on any atom is 0.0785 e. The van der Waals surface area contributed by atoms with E-state index in [1.807, 2.05) is 6.92 Å². The third-order valence-electron chi connectivity index (χ3n) is 0. The van der Waals surface area contributed by atoms with Gasteiger partial charge in [-0.25, -0.2) is 0 Å². The number of hydrogen-bond donors (Lipinski definition) is 0.